The minimum Gasteiger partial charge on any atom is -0.460 e. The highest BCUT2D eigenvalue weighted by Gasteiger charge is 2.19. The second-order valence-corrected chi connectivity index (χ2v) is 5.48. The maximum atomic E-state index is 11.5. The molecular formula is C11H13ClO3S. The maximum absolute atomic E-state index is 11.5. The first-order valence-electron chi connectivity index (χ1n) is 5.25. The van der Waals surface area contributed by atoms with Crippen LogP contribution in [0.2, 0.25) is 4.34 Å². The first-order valence-corrected chi connectivity index (χ1v) is 6.45. The van der Waals surface area contributed by atoms with Crippen molar-refractivity contribution in [3.05, 3.63) is 21.3 Å². The van der Waals surface area contributed by atoms with Crippen LogP contribution < -0.4 is 0 Å². The smallest absolute Gasteiger partial charge is 0.306 e. The van der Waals surface area contributed by atoms with Crippen molar-refractivity contribution in [2.24, 2.45) is 0 Å². The molecule has 0 aliphatic carbocycles. The summed E-state index contributed by atoms with van der Waals surface area (Å²) in [6, 6.07) is 3.79. The van der Waals surface area contributed by atoms with E-state index in [9.17, 15) is 4.79 Å². The van der Waals surface area contributed by atoms with E-state index in [1.165, 1.54) is 11.3 Å². The van der Waals surface area contributed by atoms with Gasteiger partial charge in [-0.3, -0.25) is 4.79 Å². The molecule has 1 aliphatic heterocycles. The maximum Gasteiger partial charge on any atom is 0.306 e. The molecule has 0 aromatic carbocycles. The summed E-state index contributed by atoms with van der Waals surface area (Å²) in [5.41, 5.74) is 0. The van der Waals surface area contributed by atoms with Crippen molar-refractivity contribution >= 4 is 28.9 Å². The lowest BCUT2D eigenvalue weighted by Gasteiger charge is -2.09. The molecule has 0 radical (unpaired) electrons. The van der Waals surface area contributed by atoms with E-state index in [4.69, 9.17) is 21.1 Å². The van der Waals surface area contributed by atoms with Crippen LogP contribution in [0.1, 0.15) is 17.7 Å². The third-order valence-corrected chi connectivity index (χ3v) is 3.68. The van der Waals surface area contributed by atoms with E-state index in [1.807, 2.05) is 12.1 Å². The molecule has 0 saturated carbocycles. The molecule has 2 rings (SSSR count). The van der Waals surface area contributed by atoms with Gasteiger partial charge in [0, 0.05) is 11.3 Å². The molecule has 5 heteroatoms. The zero-order valence-corrected chi connectivity index (χ0v) is 10.4. The molecule has 88 valence electrons. The topological polar surface area (TPSA) is 35.5 Å². The predicted octanol–water partition coefficient (Wildman–Crippen LogP) is 2.67. The SMILES string of the molecule is O=C(CCc1ccc(Cl)s1)OC1CCOC1. The Balaban J connectivity index is 1.71. The Hall–Kier alpha value is -0.580. The van der Waals surface area contributed by atoms with Gasteiger partial charge in [-0.25, -0.2) is 0 Å². The van der Waals surface area contributed by atoms with Crippen molar-refractivity contribution in [2.75, 3.05) is 13.2 Å². The van der Waals surface area contributed by atoms with Gasteiger partial charge in [0.15, 0.2) is 0 Å². The zero-order valence-electron chi connectivity index (χ0n) is 8.78. The Morgan fingerprint density at radius 1 is 1.62 bits per heavy atom. The van der Waals surface area contributed by atoms with Gasteiger partial charge < -0.3 is 9.47 Å². The Labute approximate surface area is 103 Å². The number of hydrogen-bond acceptors (Lipinski definition) is 4. The van der Waals surface area contributed by atoms with Crippen molar-refractivity contribution in [2.45, 2.75) is 25.4 Å². The van der Waals surface area contributed by atoms with E-state index in [0.717, 1.165) is 15.6 Å². The van der Waals surface area contributed by atoms with Crippen LogP contribution >= 0.6 is 22.9 Å². The highest BCUT2D eigenvalue weighted by Crippen LogP contribution is 2.22. The van der Waals surface area contributed by atoms with Crippen LogP contribution in [0.15, 0.2) is 12.1 Å². The fourth-order valence-electron chi connectivity index (χ4n) is 1.56. The van der Waals surface area contributed by atoms with E-state index < -0.39 is 0 Å². The van der Waals surface area contributed by atoms with Crippen molar-refractivity contribution in [3.63, 3.8) is 0 Å². The van der Waals surface area contributed by atoms with Gasteiger partial charge in [0.2, 0.25) is 0 Å². The quantitative estimate of drug-likeness (QED) is 0.781. The number of aryl methyl sites for hydroxylation is 1. The summed E-state index contributed by atoms with van der Waals surface area (Å²) in [5, 5.41) is 0. The molecule has 1 aromatic rings. The molecule has 16 heavy (non-hydrogen) atoms. The van der Waals surface area contributed by atoms with Gasteiger partial charge in [-0.2, -0.15) is 0 Å². The molecule has 1 atom stereocenters. The van der Waals surface area contributed by atoms with Gasteiger partial charge >= 0.3 is 5.97 Å². The monoisotopic (exact) mass is 260 g/mol. The zero-order chi connectivity index (χ0) is 11.4. The molecule has 1 unspecified atom stereocenters. The summed E-state index contributed by atoms with van der Waals surface area (Å²) in [4.78, 5) is 12.6. The molecule has 1 fully saturated rings. The number of carbonyl (C=O) groups is 1. The third-order valence-electron chi connectivity index (χ3n) is 2.39. The van der Waals surface area contributed by atoms with Gasteiger partial charge in [0.05, 0.1) is 24.0 Å². The third kappa shape index (κ3) is 3.47. The van der Waals surface area contributed by atoms with E-state index in [-0.39, 0.29) is 12.1 Å². The summed E-state index contributed by atoms with van der Waals surface area (Å²) in [5.74, 6) is -0.153. The van der Waals surface area contributed by atoms with E-state index >= 15 is 0 Å². The number of esters is 1. The number of rotatable bonds is 4. The average Bonchev–Trinajstić information content (AvgIpc) is 2.87. The van der Waals surface area contributed by atoms with Gasteiger partial charge in [-0.05, 0) is 18.6 Å². The number of halogens is 1. The minimum atomic E-state index is -0.153. The molecular weight excluding hydrogens is 248 g/mol. The molecule has 1 aliphatic rings. The molecule has 1 saturated heterocycles. The largest absolute Gasteiger partial charge is 0.460 e. The lowest BCUT2D eigenvalue weighted by atomic mass is 10.2. The molecule has 0 spiro atoms. The normalized spacial score (nSPS) is 19.9. The van der Waals surface area contributed by atoms with E-state index in [2.05, 4.69) is 0 Å². The van der Waals surface area contributed by atoms with E-state index in [1.54, 1.807) is 0 Å². The number of ether oxygens (including phenoxy) is 2. The first kappa shape index (κ1) is 11.9. The van der Waals surface area contributed by atoms with Crippen LogP contribution in [0.5, 0.6) is 0 Å². The second kappa shape index (κ2) is 5.66. The molecule has 0 amide bonds. The Morgan fingerprint density at radius 3 is 3.12 bits per heavy atom. The number of hydrogen-bond donors (Lipinski definition) is 0. The van der Waals surface area contributed by atoms with Crippen molar-refractivity contribution in [1.82, 2.24) is 0 Å². The summed E-state index contributed by atoms with van der Waals surface area (Å²) in [6.45, 7) is 1.23. The van der Waals surface area contributed by atoms with Crippen molar-refractivity contribution in [3.8, 4) is 0 Å². The van der Waals surface area contributed by atoms with Crippen LogP contribution in [0.4, 0.5) is 0 Å². The van der Waals surface area contributed by atoms with Gasteiger partial charge in [0.25, 0.3) is 0 Å². The van der Waals surface area contributed by atoms with Crippen LogP contribution in [-0.4, -0.2) is 25.3 Å². The van der Waals surface area contributed by atoms with Crippen LogP contribution in [0.25, 0.3) is 0 Å². The first-order chi connectivity index (χ1) is 7.74. The second-order valence-electron chi connectivity index (χ2n) is 3.68. The van der Waals surface area contributed by atoms with Gasteiger partial charge in [-0.1, -0.05) is 11.6 Å². The lowest BCUT2D eigenvalue weighted by molar-refractivity contribution is -0.148. The molecule has 3 nitrogen and oxygen atoms in total. The van der Waals surface area contributed by atoms with Crippen molar-refractivity contribution in [1.29, 1.82) is 0 Å². The molecule has 0 N–H and O–H groups in total. The number of thiophene rings is 1. The minimum absolute atomic E-state index is 0.0422. The van der Waals surface area contributed by atoms with Crippen LogP contribution in [0.3, 0.4) is 0 Å². The number of carbonyl (C=O) groups excluding carboxylic acids is 1. The molecule has 2 heterocycles. The van der Waals surface area contributed by atoms with Crippen LogP contribution in [-0.2, 0) is 20.7 Å². The molecule has 0 bridgehead atoms. The Bertz CT molecular complexity index is 358. The highest BCUT2D eigenvalue weighted by molar-refractivity contribution is 7.16. The van der Waals surface area contributed by atoms with Gasteiger partial charge in [-0.15, -0.1) is 11.3 Å². The summed E-state index contributed by atoms with van der Waals surface area (Å²) >= 11 is 7.30. The average molecular weight is 261 g/mol. The summed E-state index contributed by atoms with van der Waals surface area (Å²) < 4.78 is 11.1. The molecule has 1 aromatic heterocycles. The Morgan fingerprint density at radius 2 is 2.50 bits per heavy atom. The summed E-state index contributed by atoms with van der Waals surface area (Å²) in [6.07, 6.45) is 1.88. The predicted molar refractivity (Wildman–Crippen MR) is 63.0 cm³/mol. The standard InChI is InChI=1S/C11H13ClO3S/c12-10-3-1-9(16-10)2-4-11(13)15-8-5-6-14-7-8/h1,3,8H,2,4-7H2. The summed E-state index contributed by atoms with van der Waals surface area (Å²) in [7, 11) is 0. The highest BCUT2D eigenvalue weighted by atomic mass is 35.5. The lowest BCUT2D eigenvalue weighted by Crippen LogP contribution is -2.18. The Kier molecular flexibility index (Phi) is 4.21. The fourth-order valence-corrected chi connectivity index (χ4v) is 2.65. The fraction of sp³-hybridized carbons (Fsp3) is 0.545. The van der Waals surface area contributed by atoms with Crippen LogP contribution in [0, 0.1) is 0 Å². The van der Waals surface area contributed by atoms with E-state index in [0.29, 0.717) is 26.1 Å². The van der Waals surface area contributed by atoms with Gasteiger partial charge in [0.1, 0.15) is 6.10 Å². The van der Waals surface area contributed by atoms with Crippen molar-refractivity contribution < 1.29 is 14.3 Å².